The van der Waals surface area contributed by atoms with Gasteiger partial charge in [-0.1, -0.05) is 41.1 Å². The van der Waals surface area contributed by atoms with Crippen LogP contribution in [0.15, 0.2) is 36.4 Å². The summed E-state index contributed by atoms with van der Waals surface area (Å²) in [5, 5.41) is 27.3. The molecule has 1 atom stereocenters. The number of aliphatic hydroxyl groups is 1. The molecule has 6 heteroatoms. The van der Waals surface area contributed by atoms with E-state index in [2.05, 4.69) is 10.3 Å². The molecule has 2 N–H and O–H groups in total. The van der Waals surface area contributed by atoms with Crippen LogP contribution in [-0.4, -0.2) is 37.8 Å². The molecule has 26 heavy (non-hydrogen) atoms. The van der Waals surface area contributed by atoms with Gasteiger partial charge in [0.05, 0.1) is 24.1 Å². The van der Waals surface area contributed by atoms with E-state index in [1.165, 1.54) is 0 Å². The molecule has 0 aliphatic rings. The first-order valence-electron chi connectivity index (χ1n) is 8.60. The molecule has 0 spiro atoms. The first-order chi connectivity index (χ1) is 12.4. The molecule has 0 aliphatic heterocycles. The zero-order valence-electron chi connectivity index (χ0n) is 15.2. The molecule has 1 heterocycles. The lowest BCUT2D eigenvalue weighted by Crippen LogP contribution is -2.35. The summed E-state index contributed by atoms with van der Waals surface area (Å²) < 4.78 is 1.66. The van der Waals surface area contributed by atoms with Gasteiger partial charge in [0.1, 0.15) is 5.52 Å². The maximum atomic E-state index is 12.1. The smallest absolute Gasteiger partial charge is 0.314 e. The Morgan fingerprint density at radius 1 is 1.15 bits per heavy atom. The van der Waals surface area contributed by atoms with Crippen molar-refractivity contribution in [3.63, 3.8) is 0 Å². The predicted molar refractivity (Wildman–Crippen MR) is 99.2 cm³/mol. The molecule has 0 bridgehead atoms. The molecule has 3 aromatic rings. The van der Waals surface area contributed by atoms with Crippen LogP contribution < -0.4 is 0 Å². The number of nitrogens with zero attached hydrogens (tertiary/aromatic N) is 3. The molecule has 0 saturated heterocycles. The van der Waals surface area contributed by atoms with Crippen molar-refractivity contribution in [2.24, 2.45) is 0 Å². The van der Waals surface area contributed by atoms with Crippen LogP contribution in [0.4, 0.5) is 0 Å². The van der Waals surface area contributed by atoms with Gasteiger partial charge in [0.15, 0.2) is 0 Å². The second kappa shape index (κ2) is 6.88. The average Bonchev–Trinajstić information content (AvgIpc) is 3.02. The minimum Gasteiger partial charge on any atom is -0.481 e. The van der Waals surface area contributed by atoms with Crippen molar-refractivity contribution in [1.29, 1.82) is 0 Å². The van der Waals surface area contributed by atoms with E-state index < -0.39 is 11.4 Å². The summed E-state index contributed by atoms with van der Waals surface area (Å²) in [6.45, 7) is 6.05. The van der Waals surface area contributed by atoms with Gasteiger partial charge in [0, 0.05) is 0 Å². The zero-order chi connectivity index (χ0) is 18.9. The number of aromatic nitrogens is 3. The van der Waals surface area contributed by atoms with Gasteiger partial charge >= 0.3 is 5.97 Å². The Hall–Kier alpha value is -2.73. The monoisotopic (exact) mass is 353 g/mol. The fourth-order valence-corrected chi connectivity index (χ4v) is 3.26. The average molecular weight is 353 g/mol. The molecule has 0 radical (unpaired) electrons. The number of aryl methyl sites for hydroxylation is 2. The third kappa shape index (κ3) is 3.08. The van der Waals surface area contributed by atoms with Crippen LogP contribution in [0.3, 0.4) is 0 Å². The van der Waals surface area contributed by atoms with Gasteiger partial charge in [-0.05, 0) is 49.9 Å². The molecular weight excluding hydrogens is 330 g/mol. The highest BCUT2D eigenvalue weighted by Gasteiger charge is 2.36. The molecule has 3 rings (SSSR count). The topological polar surface area (TPSA) is 88.2 Å². The molecule has 1 aromatic heterocycles. The first kappa shape index (κ1) is 18.1. The van der Waals surface area contributed by atoms with Crippen LogP contribution in [0, 0.1) is 13.8 Å². The zero-order valence-corrected chi connectivity index (χ0v) is 15.2. The van der Waals surface area contributed by atoms with Gasteiger partial charge in [0.25, 0.3) is 0 Å². The Labute approximate surface area is 152 Å². The van der Waals surface area contributed by atoms with E-state index in [9.17, 15) is 9.90 Å². The number of rotatable bonds is 6. The van der Waals surface area contributed by atoms with Crippen molar-refractivity contribution < 1.29 is 15.0 Å². The number of benzene rings is 2. The molecule has 0 amide bonds. The first-order valence-corrected chi connectivity index (χ1v) is 8.60. The molecular formula is C20H23N3O3. The predicted octanol–water partition coefficient (Wildman–Crippen LogP) is 2.63. The van der Waals surface area contributed by atoms with Crippen LogP contribution in [0.2, 0.25) is 0 Å². The van der Waals surface area contributed by atoms with Crippen LogP contribution in [0.25, 0.3) is 11.0 Å². The lowest BCUT2D eigenvalue weighted by atomic mass is 9.76. The van der Waals surface area contributed by atoms with Crippen molar-refractivity contribution in [3.8, 4) is 0 Å². The van der Waals surface area contributed by atoms with Crippen molar-refractivity contribution in [2.75, 3.05) is 6.61 Å². The molecule has 136 valence electrons. The van der Waals surface area contributed by atoms with Gasteiger partial charge in [-0.2, -0.15) is 0 Å². The Bertz CT molecular complexity index is 947. The molecule has 1 unspecified atom stereocenters. The van der Waals surface area contributed by atoms with E-state index in [4.69, 9.17) is 5.11 Å². The van der Waals surface area contributed by atoms with Crippen molar-refractivity contribution in [1.82, 2.24) is 15.0 Å². The van der Waals surface area contributed by atoms with Crippen molar-refractivity contribution >= 4 is 17.0 Å². The van der Waals surface area contributed by atoms with Gasteiger partial charge in [-0.3, -0.25) is 4.79 Å². The Kier molecular flexibility index (Phi) is 4.78. The summed E-state index contributed by atoms with van der Waals surface area (Å²) in [6, 6.07) is 11.5. The minimum absolute atomic E-state index is 0.0102. The molecule has 0 fully saturated rings. The number of carboxylic acids is 1. The fourth-order valence-electron chi connectivity index (χ4n) is 3.26. The highest BCUT2D eigenvalue weighted by Crippen LogP contribution is 2.32. The highest BCUT2D eigenvalue weighted by atomic mass is 16.4. The summed E-state index contributed by atoms with van der Waals surface area (Å²) in [4.78, 5) is 12.1. The second-order valence-corrected chi connectivity index (χ2v) is 6.93. The largest absolute Gasteiger partial charge is 0.481 e. The SMILES string of the molecule is Cc1ccc(C(C)(Cc2ccc3c(nnn3CCO)c2C)C(=O)O)cc1. The van der Waals surface area contributed by atoms with Gasteiger partial charge < -0.3 is 10.2 Å². The quantitative estimate of drug-likeness (QED) is 0.711. The normalized spacial score (nSPS) is 13.7. The summed E-state index contributed by atoms with van der Waals surface area (Å²) in [5.74, 6) is -0.857. The fraction of sp³-hybridized carbons (Fsp3) is 0.350. The van der Waals surface area contributed by atoms with E-state index in [1.807, 2.05) is 50.2 Å². The summed E-state index contributed by atoms with van der Waals surface area (Å²) in [7, 11) is 0. The van der Waals surface area contributed by atoms with Crippen molar-refractivity contribution in [2.45, 2.75) is 39.2 Å². The Balaban J connectivity index is 2.03. The number of carbonyl (C=O) groups is 1. The van der Waals surface area contributed by atoms with Crippen LogP contribution in [0.1, 0.15) is 29.2 Å². The molecule has 0 saturated carbocycles. The van der Waals surface area contributed by atoms with Gasteiger partial charge in [-0.15, -0.1) is 5.10 Å². The van der Waals surface area contributed by atoms with E-state index >= 15 is 0 Å². The Morgan fingerprint density at radius 3 is 2.46 bits per heavy atom. The Morgan fingerprint density at radius 2 is 1.85 bits per heavy atom. The van der Waals surface area contributed by atoms with E-state index in [1.54, 1.807) is 11.6 Å². The summed E-state index contributed by atoms with van der Waals surface area (Å²) in [6.07, 6.45) is 0.361. The third-order valence-electron chi connectivity index (χ3n) is 5.07. The molecule has 0 aliphatic carbocycles. The maximum absolute atomic E-state index is 12.1. The van der Waals surface area contributed by atoms with Gasteiger partial charge in [-0.25, -0.2) is 4.68 Å². The number of fused-ring (bicyclic) bond motifs is 1. The van der Waals surface area contributed by atoms with Crippen molar-refractivity contribution in [3.05, 3.63) is 58.7 Å². The lowest BCUT2D eigenvalue weighted by Gasteiger charge is -2.26. The maximum Gasteiger partial charge on any atom is 0.314 e. The van der Waals surface area contributed by atoms with E-state index in [0.717, 1.165) is 33.3 Å². The minimum atomic E-state index is -1.03. The second-order valence-electron chi connectivity index (χ2n) is 6.93. The number of carboxylic acid groups (broad SMARTS) is 1. The van der Waals surface area contributed by atoms with E-state index in [0.29, 0.717) is 13.0 Å². The lowest BCUT2D eigenvalue weighted by molar-refractivity contribution is -0.143. The van der Waals surface area contributed by atoms with Crippen LogP contribution >= 0.6 is 0 Å². The summed E-state index contributed by atoms with van der Waals surface area (Å²) >= 11 is 0. The number of aliphatic hydroxyl groups excluding tert-OH is 1. The van der Waals surface area contributed by atoms with Crippen LogP contribution in [0.5, 0.6) is 0 Å². The number of hydrogen-bond acceptors (Lipinski definition) is 4. The summed E-state index contributed by atoms with van der Waals surface area (Å²) in [5.41, 5.74) is 4.27. The van der Waals surface area contributed by atoms with Crippen LogP contribution in [-0.2, 0) is 23.2 Å². The standard InChI is InChI=1S/C20H23N3O3/c1-13-4-7-16(8-5-13)20(3,19(25)26)12-15-6-9-17-18(14(15)2)21-22-23(17)10-11-24/h4-9,24H,10-12H2,1-3H3,(H,25,26). The third-order valence-corrected chi connectivity index (χ3v) is 5.07. The van der Waals surface area contributed by atoms with Gasteiger partial charge in [0.2, 0.25) is 0 Å². The number of aliphatic carboxylic acids is 1. The van der Waals surface area contributed by atoms with E-state index in [-0.39, 0.29) is 6.61 Å². The molecule has 6 nitrogen and oxygen atoms in total. The highest BCUT2D eigenvalue weighted by molar-refractivity contribution is 5.83. The molecule has 2 aromatic carbocycles. The number of hydrogen-bond donors (Lipinski definition) is 2.